The predicted octanol–water partition coefficient (Wildman–Crippen LogP) is -0.704. The summed E-state index contributed by atoms with van der Waals surface area (Å²) in [4.78, 5) is 14.9. The van der Waals surface area contributed by atoms with Gasteiger partial charge in [-0.3, -0.25) is 5.50 Å². The molecule has 0 spiro atoms. The molecule has 36 valence electrons. The van der Waals surface area contributed by atoms with Crippen LogP contribution in [-0.2, 0) is 0 Å². The topological polar surface area (TPSA) is 90.3 Å². The summed E-state index contributed by atoms with van der Waals surface area (Å²) >= 11 is 0. The highest BCUT2D eigenvalue weighted by Crippen LogP contribution is 2.05. The van der Waals surface area contributed by atoms with E-state index in [2.05, 4.69) is 12.1 Å². The molecule has 0 aliphatic carbocycles. The zero-order valence-electron chi connectivity index (χ0n) is 2.94. The second-order valence-corrected chi connectivity index (χ2v) is 0.961. The van der Waals surface area contributed by atoms with Gasteiger partial charge in [0.05, 0.1) is 0 Å². The largest absolute Gasteiger partial charge is 0.338 e. The van der Waals surface area contributed by atoms with Crippen LogP contribution in [0.2, 0.25) is 0 Å². The van der Waals surface area contributed by atoms with Gasteiger partial charge in [-0.1, -0.05) is 0 Å². The van der Waals surface area contributed by atoms with Crippen LogP contribution in [0.15, 0.2) is 0 Å². The molecule has 0 bridgehead atoms. The summed E-state index contributed by atoms with van der Waals surface area (Å²) in [5, 5.41) is 6.50. The third-order valence-corrected chi connectivity index (χ3v) is 0. The monoisotopic (exact) mass is 108 g/mol. The van der Waals surface area contributed by atoms with Gasteiger partial charge in [0, 0.05) is 6.57 Å². The first-order valence-electron chi connectivity index (χ1n) is 0.916. The number of nitrogens with zero attached hydrogens (tertiary/aromatic N) is 1. The molecule has 0 fully saturated rings. The summed E-state index contributed by atoms with van der Waals surface area (Å²) in [5.41, 5.74) is 4.29. The molecule has 6 heavy (non-hydrogen) atoms. The molecule has 5 heteroatoms. The lowest BCUT2D eigenvalue weighted by atomic mass is 11.9. The first-order chi connectivity index (χ1) is 2.73. The van der Waals surface area contributed by atoms with Crippen molar-refractivity contribution < 1.29 is 9.79 Å². The van der Waals surface area contributed by atoms with Crippen LogP contribution in [0.1, 0.15) is 0 Å². The molecule has 0 heterocycles. The van der Waals surface area contributed by atoms with Crippen molar-refractivity contribution in [2.75, 3.05) is 0 Å². The van der Waals surface area contributed by atoms with Crippen LogP contribution in [0.25, 0.3) is 0 Å². The molecule has 0 amide bonds. The van der Waals surface area contributed by atoms with E-state index in [1.807, 2.05) is 0 Å². The lowest BCUT2D eigenvalue weighted by Crippen LogP contribution is -1.78. The SMILES string of the molecule is C#N.NP(O)O. The normalized spacial score (nSPS) is 6.33. The van der Waals surface area contributed by atoms with Crippen molar-refractivity contribution in [2.45, 2.75) is 0 Å². The van der Waals surface area contributed by atoms with Crippen molar-refractivity contribution in [3.8, 4) is 6.57 Å². The molecule has 0 saturated heterocycles. The molecule has 0 atom stereocenters. The summed E-state index contributed by atoms with van der Waals surface area (Å²) in [6.07, 6.45) is 0. The van der Waals surface area contributed by atoms with Crippen molar-refractivity contribution in [2.24, 2.45) is 5.50 Å². The first-order valence-corrected chi connectivity index (χ1v) is 2.23. The van der Waals surface area contributed by atoms with E-state index in [1.165, 1.54) is 0 Å². The minimum Gasteiger partial charge on any atom is -0.338 e. The van der Waals surface area contributed by atoms with Crippen LogP contribution in [-0.4, -0.2) is 9.79 Å². The molecule has 0 unspecified atom stereocenters. The van der Waals surface area contributed by atoms with E-state index in [9.17, 15) is 0 Å². The highest BCUT2D eigenvalue weighted by molar-refractivity contribution is 7.42. The van der Waals surface area contributed by atoms with Crippen molar-refractivity contribution in [1.82, 2.24) is 0 Å². The molecule has 0 aliphatic heterocycles. The van der Waals surface area contributed by atoms with Crippen molar-refractivity contribution in [1.29, 1.82) is 5.26 Å². The highest BCUT2D eigenvalue weighted by atomic mass is 31.2. The van der Waals surface area contributed by atoms with Crippen molar-refractivity contribution >= 4 is 8.53 Å². The van der Waals surface area contributed by atoms with E-state index in [-0.39, 0.29) is 0 Å². The zero-order valence-corrected chi connectivity index (χ0v) is 3.84. The van der Waals surface area contributed by atoms with Crippen LogP contribution >= 0.6 is 8.53 Å². The molecular weight excluding hydrogens is 103 g/mol. The minimum atomic E-state index is -2.12. The van der Waals surface area contributed by atoms with Crippen LogP contribution in [0, 0.1) is 11.8 Å². The standard InChI is InChI=1S/CHN.H4NO2P/c1-2;1-4(2)3/h1H;2-3H,1H2. The van der Waals surface area contributed by atoms with Gasteiger partial charge in [-0.25, -0.2) is 5.26 Å². The van der Waals surface area contributed by atoms with Gasteiger partial charge in [0.25, 0.3) is 0 Å². The number of hydrogen-bond donors (Lipinski definition) is 3. The molecule has 0 aromatic heterocycles. The fourth-order valence-electron chi connectivity index (χ4n) is 0. The van der Waals surface area contributed by atoms with Crippen molar-refractivity contribution in [3.05, 3.63) is 0 Å². The maximum absolute atomic E-state index is 7.45. The smallest absolute Gasteiger partial charge is 0.247 e. The molecule has 0 rings (SSSR count). The van der Waals surface area contributed by atoms with Crippen LogP contribution in [0.4, 0.5) is 0 Å². The highest BCUT2D eigenvalue weighted by Gasteiger charge is 1.72. The van der Waals surface area contributed by atoms with Gasteiger partial charge >= 0.3 is 0 Å². The van der Waals surface area contributed by atoms with Crippen LogP contribution in [0.3, 0.4) is 0 Å². The molecule has 0 radical (unpaired) electrons. The lowest BCUT2D eigenvalue weighted by molar-refractivity contribution is 0.485. The average Bonchev–Trinajstić information content (AvgIpc) is 1.41. The third kappa shape index (κ3) is 745. The van der Waals surface area contributed by atoms with E-state index in [0.29, 0.717) is 0 Å². The van der Waals surface area contributed by atoms with E-state index in [4.69, 9.17) is 15.0 Å². The predicted molar refractivity (Wildman–Crippen MR) is 22.2 cm³/mol. The Kier molecular flexibility index (Phi) is 13.6. The number of nitriles is 1. The Morgan fingerprint density at radius 3 is 1.50 bits per heavy atom. The minimum absolute atomic E-state index is 2.12. The van der Waals surface area contributed by atoms with Gasteiger partial charge < -0.3 is 9.79 Å². The second-order valence-electron chi connectivity index (χ2n) is 0.320. The summed E-state index contributed by atoms with van der Waals surface area (Å²) in [5.74, 6) is 0. The maximum Gasteiger partial charge on any atom is 0.247 e. The molecule has 4 N–H and O–H groups in total. The zero-order chi connectivity index (χ0) is 5.58. The molecule has 0 aromatic carbocycles. The summed E-state index contributed by atoms with van der Waals surface area (Å²) in [6.45, 7) is 3.50. The molecular formula is CH5N2O2P. The van der Waals surface area contributed by atoms with E-state index in [0.717, 1.165) is 0 Å². The molecule has 0 saturated carbocycles. The van der Waals surface area contributed by atoms with E-state index in [1.54, 1.807) is 0 Å². The Labute approximate surface area is 36.8 Å². The van der Waals surface area contributed by atoms with Gasteiger partial charge in [-0.05, 0) is 0 Å². The van der Waals surface area contributed by atoms with Gasteiger partial charge in [0.2, 0.25) is 8.53 Å². The van der Waals surface area contributed by atoms with E-state index < -0.39 is 8.53 Å². The number of rotatable bonds is 0. The quantitative estimate of drug-likeness (QED) is 0.358. The Morgan fingerprint density at radius 1 is 1.50 bits per heavy atom. The third-order valence-electron chi connectivity index (χ3n) is 0. The Hall–Kier alpha value is -0.200. The number of nitrogens with two attached hydrogens (primary N) is 1. The molecule has 0 aliphatic rings. The van der Waals surface area contributed by atoms with Crippen LogP contribution in [0.5, 0.6) is 0 Å². The molecule has 4 nitrogen and oxygen atoms in total. The van der Waals surface area contributed by atoms with Crippen molar-refractivity contribution in [3.63, 3.8) is 0 Å². The first kappa shape index (κ1) is 9.25. The fourth-order valence-corrected chi connectivity index (χ4v) is 0. The van der Waals surface area contributed by atoms with Gasteiger partial charge in [-0.2, -0.15) is 0 Å². The van der Waals surface area contributed by atoms with Gasteiger partial charge in [-0.15, -0.1) is 0 Å². The fraction of sp³-hybridized carbons (Fsp3) is 0. The Balaban J connectivity index is 0. The Bertz CT molecular complexity index is 33.0. The van der Waals surface area contributed by atoms with Gasteiger partial charge in [0.15, 0.2) is 0 Å². The van der Waals surface area contributed by atoms with E-state index >= 15 is 0 Å². The second kappa shape index (κ2) is 8.84. The lowest BCUT2D eigenvalue weighted by Gasteiger charge is -1.79. The summed E-state index contributed by atoms with van der Waals surface area (Å²) < 4.78 is 0. The summed E-state index contributed by atoms with van der Waals surface area (Å²) in [6, 6.07) is 0. The average molecular weight is 108 g/mol. The maximum atomic E-state index is 7.45. The summed E-state index contributed by atoms with van der Waals surface area (Å²) in [7, 11) is -2.12. The number of hydrogen-bond acceptors (Lipinski definition) is 4. The Morgan fingerprint density at radius 2 is 1.50 bits per heavy atom. The molecule has 0 aromatic rings. The van der Waals surface area contributed by atoms with Crippen LogP contribution < -0.4 is 5.50 Å². The van der Waals surface area contributed by atoms with Gasteiger partial charge in [0.1, 0.15) is 0 Å².